The van der Waals surface area contributed by atoms with E-state index in [4.69, 9.17) is 4.52 Å². The molecule has 5 heteroatoms. The van der Waals surface area contributed by atoms with Crippen molar-refractivity contribution >= 4 is 35.5 Å². The van der Waals surface area contributed by atoms with Crippen LogP contribution in [0.5, 0.6) is 0 Å². The molecule has 0 fully saturated rings. The molecule has 4 nitrogen and oxygen atoms in total. The maximum atomic E-state index is 12.4. The van der Waals surface area contributed by atoms with Gasteiger partial charge in [-0.2, -0.15) is 0 Å². The number of rotatable bonds is 2. The second kappa shape index (κ2) is 5.08. The van der Waals surface area contributed by atoms with Crippen molar-refractivity contribution in [2.45, 2.75) is 0 Å². The van der Waals surface area contributed by atoms with Crippen LogP contribution in [-0.2, 0) is 4.52 Å². The molecular weight excluding hydrogens is 287 g/mol. The van der Waals surface area contributed by atoms with E-state index < -0.39 is 13.9 Å². The number of benzene rings is 3. The first-order valence-corrected chi connectivity index (χ1v) is 8.84. The molecule has 0 heterocycles. The first-order chi connectivity index (χ1) is 9.96. The average molecular weight is 302 g/mol. The Bertz CT molecular complexity index is 782. The molecule has 3 aromatic rings. The summed E-state index contributed by atoms with van der Waals surface area (Å²) in [5.41, 5.74) is 0.366. The number of fused-ring (bicyclic) bond motifs is 2. The van der Waals surface area contributed by atoms with Crippen molar-refractivity contribution in [2.75, 3.05) is 6.66 Å². The minimum atomic E-state index is -3.93. The van der Waals surface area contributed by atoms with Gasteiger partial charge >= 0.3 is 121 Å². The van der Waals surface area contributed by atoms with Crippen molar-refractivity contribution in [2.24, 2.45) is 0 Å². The van der Waals surface area contributed by atoms with Crippen LogP contribution in [0.2, 0.25) is 0 Å². The van der Waals surface area contributed by atoms with E-state index in [1.165, 1.54) is 0 Å². The van der Waals surface area contributed by atoms with Crippen LogP contribution in [0.15, 0.2) is 54.6 Å². The van der Waals surface area contributed by atoms with Gasteiger partial charge in [0.2, 0.25) is 0 Å². The summed E-state index contributed by atoms with van der Waals surface area (Å²) in [7, 11) is -3.93. The van der Waals surface area contributed by atoms with Gasteiger partial charge in [0.25, 0.3) is 0 Å². The quantitative estimate of drug-likeness (QED) is 0.563. The molecule has 21 heavy (non-hydrogen) atoms. The predicted molar refractivity (Wildman–Crippen MR) is 85.5 cm³/mol. The molecule has 0 aromatic heterocycles. The van der Waals surface area contributed by atoms with Crippen molar-refractivity contribution in [3.05, 3.63) is 60.2 Å². The second-order valence-electron chi connectivity index (χ2n) is 5.02. The van der Waals surface area contributed by atoms with Gasteiger partial charge in [0.15, 0.2) is 0 Å². The summed E-state index contributed by atoms with van der Waals surface area (Å²) < 4.78 is 4.85. The van der Waals surface area contributed by atoms with Crippen molar-refractivity contribution in [3.8, 4) is 0 Å². The molecule has 0 aliphatic rings. The van der Waals surface area contributed by atoms with Gasteiger partial charge < -0.3 is 0 Å². The molecule has 0 spiro atoms. The van der Waals surface area contributed by atoms with E-state index in [0.29, 0.717) is 5.56 Å². The summed E-state index contributed by atoms with van der Waals surface area (Å²) >= 11 is 0. The molecule has 0 saturated heterocycles. The van der Waals surface area contributed by atoms with Crippen LogP contribution < -0.4 is 0 Å². The van der Waals surface area contributed by atoms with Gasteiger partial charge in [-0.15, -0.1) is 0 Å². The fraction of sp³-hybridized carbons (Fsp3) is 0.0625. The average Bonchev–Trinajstić information content (AvgIpc) is 2.42. The van der Waals surface area contributed by atoms with Crippen molar-refractivity contribution in [1.29, 1.82) is 0 Å². The Morgan fingerprint density at radius 1 is 0.952 bits per heavy atom. The van der Waals surface area contributed by atoms with Crippen LogP contribution >= 0.6 is 7.94 Å². The van der Waals surface area contributed by atoms with Gasteiger partial charge in [-0.3, -0.25) is 0 Å². The Labute approximate surface area is 122 Å². The first-order valence-electron chi connectivity index (χ1n) is 6.54. The van der Waals surface area contributed by atoms with E-state index in [2.05, 4.69) is 0 Å². The number of hydrogen-bond donors (Lipinski definition) is 2. The zero-order chi connectivity index (χ0) is 15.0. The van der Waals surface area contributed by atoms with E-state index in [0.717, 1.165) is 28.2 Å². The molecule has 3 rings (SSSR count). The summed E-state index contributed by atoms with van der Waals surface area (Å²) in [6, 6.07) is 16.9. The predicted octanol–water partition coefficient (Wildman–Crippen LogP) is 3.26. The summed E-state index contributed by atoms with van der Waals surface area (Å²) in [6.45, 7) is 1.14. The molecular formula is C16H15O4P. The second-order valence-corrected chi connectivity index (χ2v) is 7.09. The Morgan fingerprint density at radius 2 is 1.43 bits per heavy atom. The van der Waals surface area contributed by atoms with Crippen LogP contribution in [0.1, 0.15) is 10.4 Å². The van der Waals surface area contributed by atoms with Crippen LogP contribution in [0.25, 0.3) is 21.5 Å². The monoisotopic (exact) mass is 302 g/mol. The number of carbonyl (C=O) groups is 1. The molecule has 0 unspecified atom stereocenters. The number of hydrogen-bond acceptors (Lipinski definition) is 4. The van der Waals surface area contributed by atoms with E-state index in [9.17, 15) is 14.6 Å². The SMILES string of the molecule is C[PH](O)(O)OC(=O)c1c2ccccc2cc2ccccc12. The molecule has 0 saturated carbocycles. The van der Waals surface area contributed by atoms with Crippen molar-refractivity contribution < 1.29 is 19.1 Å². The van der Waals surface area contributed by atoms with E-state index >= 15 is 0 Å². The van der Waals surface area contributed by atoms with Gasteiger partial charge in [0.1, 0.15) is 0 Å². The summed E-state index contributed by atoms with van der Waals surface area (Å²) in [5.74, 6) is -0.706. The third kappa shape index (κ3) is 2.74. The molecule has 0 atom stereocenters. The Kier molecular flexibility index (Phi) is 3.38. The molecule has 0 radical (unpaired) electrons. The summed E-state index contributed by atoms with van der Waals surface area (Å²) in [4.78, 5) is 31.3. The molecule has 0 bridgehead atoms. The van der Waals surface area contributed by atoms with Crippen molar-refractivity contribution in [3.63, 3.8) is 0 Å². The standard InChI is InChI=1S/C16H15O4P/c1-21(18,19)20-16(17)15-13-8-4-2-6-11(13)10-12-7-3-5-9-14(12)15/h2-10,18-19,21H,1H3. The van der Waals surface area contributed by atoms with Gasteiger partial charge in [-0.25, -0.2) is 0 Å². The molecule has 2 N–H and O–H groups in total. The van der Waals surface area contributed by atoms with Crippen LogP contribution in [0.3, 0.4) is 0 Å². The van der Waals surface area contributed by atoms with E-state index in [-0.39, 0.29) is 0 Å². The van der Waals surface area contributed by atoms with Gasteiger partial charge in [-0.1, -0.05) is 0 Å². The molecule has 3 aromatic carbocycles. The third-order valence-electron chi connectivity index (χ3n) is 3.26. The van der Waals surface area contributed by atoms with E-state index in [1.54, 1.807) is 0 Å². The molecule has 0 amide bonds. The first kappa shape index (κ1) is 14.0. The van der Waals surface area contributed by atoms with Crippen LogP contribution in [0, 0.1) is 0 Å². The fourth-order valence-corrected chi connectivity index (χ4v) is 2.91. The molecule has 0 aliphatic carbocycles. The Balaban J connectivity index is 2.32. The number of carbonyl (C=O) groups excluding carboxylic acids is 1. The third-order valence-corrected chi connectivity index (χ3v) is 3.83. The zero-order valence-electron chi connectivity index (χ0n) is 11.4. The fourth-order valence-electron chi connectivity index (χ4n) is 2.46. The maximum absolute atomic E-state index is 12.4. The van der Waals surface area contributed by atoms with Gasteiger partial charge in [0.05, 0.1) is 0 Å². The summed E-state index contributed by atoms with van der Waals surface area (Å²) in [5, 5.41) is 3.28. The van der Waals surface area contributed by atoms with E-state index in [1.807, 2.05) is 54.6 Å². The van der Waals surface area contributed by atoms with Crippen molar-refractivity contribution in [1.82, 2.24) is 0 Å². The zero-order valence-corrected chi connectivity index (χ0v) is 12.4. The molecule has 0 aliphatic heterocycles. The van der Waals surface area contributed by atoms with Gasteiger partial charge in [-0.05, 0) is 0 Å². The Hall–Kier alpha value is -2.00. The summed E-state index contributed by atoms with van der Waals surface area (Å²) in [6.07, 6.45) is 0. The topological polar surface area (TPSA) is 66.8 Å². The molecule has 108 valence electrons. The normalized spacial score (nSPS) is 12.5. The van der Waals surface area contributed by atoms with Gasteiger partial charge in [0, 0.05) is 0 Å². The minimum absolute atomic E-state index is 0.366. The Morgan fingerprint density at radius 3 is 1.90 bits per heavy atom. The van der Waals surface area contributed by atoms with Crippen LogP contribution in [-0.4, -0.2) is 22.4 Å². The van der Waals surface area contributed by atoms with Crippen LogP contribution in [0.4, 0.5) is 0 Å².